The Kier molecular flexibility index (Phi) is 27.8. The number of hydrogen-bond donors (Lipinski definition) is 3. The van der Waals surface area contributed by atoms with E-state index in [9.17, 15) is 32.3 Å². The molecule has 0 radical (unpaired) electrons. The van der Waals surface area contributed by atoms with Crippen LogP contribution in [-0.2, 0) is 70.1 Å². The fourth-order valence-electron chi connectivity index (χ4n) is 16.6. The number of likely N-dealkylation sites (tertiary alicyclic amines) is 1. The molecule has 3 saturated carbocycles. The second kappa shape index (κ2) is 35.1. The first kappa shape index (κ1) is 80.6. The van der Waals surface area contributed by atoms with Crippen LogP contribution in [0.3, 0.4) is 0 Å². The molecule has 1 spiro atoms. The SMILES string of the molecule is CC[C@H](C)C1NC(=O)[C@H](C)N(C)C(=O)C[C@@H](C(=O)N2CCCCC2)N(C)C(=O)[C@H](C(C)C)N(C)C(=O)C2(CCCC2)NC(=O)[C@@H]2CCCN2C(=O)[C@H](CCc2ccc(C(F)(F)F)c(Cl)c2)NC(=O)CN(C)C(=O)[C@H](CC2CCCCC2)N(C)C(=O)[C@@H]2CCN2C(=O)[C@H](CC2CCCC2)N(C)C1=O. The third-order valence-electron chi connectivity index (χ3n) is 23.5. The lowest BCUT2D eigenvalue weighted by Gasteiger charge is -2.46. The molecule has 28 heteroatoms. The summed E-state index contributed by atoms with van der Waals surface area (Å²) in [7, 11) is 8.70. The Hall–Kier alpha value is -7.06. The maximum atomic E-state index is 15.4. The normalized spacial score (nSPS) is 28.4. The summed E-state index contributed by atoms with van der Waals surface area (Å²) in [6, 6.07) is -7.72. The molecule has 4 saturated heterocycles. The monoisotopic (exact) mass is 1450 g/mol. The molecule has 10 atom stereocenters. The summed E-state index contributed by atoms with van der Waals surface area (Å²) >= 11 is 6.17. The van der Waals surface area contributed by atoms with E-state index in [1.54, 1.807) is 25.7 Å². The number of piperidine rings is 1. The van der Waals surface area contributed by atoms with E-state index in [1.807, 2.05) is 6.92 Å². The van der Waals surface area contributed by atoms with Crippen molar-refractivity contribution in [3.63, 3.8) is 0 Å². The number of hydrogen-bond acceptors (Lipinski definition) is 12. The number of aryl methyl sites for hydroxylation is 1. The van der Waals surface area contributed by atoms with Gasteiger partial charge in [0.2, 0.25) is 70.9 Å². The fourth-order valence-corrected chi connectivity index (χ4v) is 16.9. The van der Waals surface area contributed by atoms with Gasteiger partial charge in [0, 0.05) is 68.5 Å². The van der Waals surface area contributed by atoms with Crippen LogP contribution in [0.5, 0.6) is 0 Å². The van der Waals surface area contributed by atoms with Gasteiger partial charge in [-0.05, 0) is 125 Å². The number of fused-ring (bicyclic) bond motifs is 2. The number of nitrogens with one attached hydrogen (secondary N) is 3. The molecule has 8 rings (SSSR count). The number of nitrogens with zero attached hydrogens (tertiary/aromatic N) is 9. The van der Waals surface area contributed by atoms with E-state index in [2.05, 4.69) is 16.0 Å². The molecule has 4 heterocycles. The molecule has 3 N–H and O–H groups in total. The number of halogens is 4. The molecule has 24 nitrogen and oxygen atoms in total. The molecule has 3 aliphatic carbocycles. The largest absolute Gasteiger partial charge is 0.417 e. The van der Waals surface area contributed by atoms with Gasteiger partial charge < -0.3 is 60.0 Å². The third-order valence-corrected chi connectivity index (χ3v) is 23.8. The van der Waals surface area contributed by atoms with E-state index >= 15 is 38.4 Å². The van der Waals surface area contributed by atoms with Crippen LogP contribution in [-0.4, -0.2) is 250 Å². The van der Waals surface area contributed by atoms with Gasteiger partial charge in [0.15, 0.2) is 0 Å². The molecular formula is C74H112ClF3N12O12. The second-order valence-corrected chi connectivity index (χ2v) is 31.1. The zero-order valence-electron chi connectivity index (χ0n) is 61.9. The summed E-state index contributed by atoms with van der Waals surface area (Å²) < 4.78 is 41.7. The molecule has 7 aliphatic rings. The Balaban J connectivity index is 1.17. The van der Waals surface area contributed by atoms with Gasteiger partial charge >= 0.3 is 6.18 Å². The van der Waals surface area contributed by atoms with E-state index in [0.717, 1.165) is 76.3 Å². The number of carbonyl (C=O) groups excluding carboxylic acids is 12. The zero-order chi connectivity index (χ0) is 74.8. The van der Waals surface area contributed by atoms with Crippen LogP contribution in [0.15, 0.2) is 18.2 Å². The minimum atomic E-state index is -4.76. The predicted molar refractivity (Wildman–Crippen MR) is 376 cm³/mol. The molecule has 1 aromatic carbocycles. The average Bonchev–Trinajstić information content (AvgIpc) is 1.37. The standard InChI is InChI=1S/C74H112ClF3N12O12/c1-12-46(4)61-70(100)85(9)57(42-49-26-17-18-27-49)69(99)90-39-33-55(90)67(97)84(8)56(41-48-24-15-13-16-25-48)66(96)82(6)44-59(91)79-53(32-30-50-29-31-51(52(75)40-50)74(76,77)78)65(95)89-38-23-28-54(89)64(94)81-73(34-19-20-35-73)72(102)87(11)62(45(2)3)71(101)86(10)58(68(98)88-36-21-14-22-37-88)43-60(92)83(7)47(5)63(93)80-61/h29,31,40,45-49,53-58,61-62H,12-28,30,32-39,41-44H2,1-11H3,(H,79,91)(H,80,93)(H,81,94)/t46-,47-,53-,54-,55-,56-,57-,58-,61?,62-/m0/s1. The van der Waals surface area contributed by atoms with Crippen LogP contribution in [0.2, 0.25) is 5.02 Å². The molecule has 7 fully saturated rings. The quantitative estimate of drug-likeness (QED) is 0.213. The van der Waals surface area contributed by atoms with Crippen LogP contribution in [0, 0.1) is 23.7 Å². The molecule has 0 bridgehead atoms. The zero-order valence-corrected chi connectivity index (χ0v) is 62.6. The number of alkyl halides is 3. The molecular weight excluding hydrogens is 1340 g/mol. The first-order chi connectivity index (χ1) is 48.2. The highest BCUT2D eigenvalue weighted by Gasteiger charge is 2.52. The lowest BCUT2D eigenvalue weighted by molar-refractivity contribution is -0.161. The number of rotatable bonds is 11. The van der Waals surface area contributed by atoms with Gasteiger partial charge in [-0.15, -0.1) is 0 Å². The maximum Gasteiger partial charge on any atom is 0.417 e. The van der Waals surface area contributed by atoms with E-state index in [1.165, 1.54) is 94.5 Å². The van der Waals surface area contributed by atoms with Crippen molar-refractivity contribution >= 4 is 82.5 Å². The summed E-state index contributed by atoms with van der Waals surface area (Å²) in [4.78, 5) is 193. The number of amides is 12. The highest BCUT2D eigenvalue weighted by molar-refractivity contribution is 6.31. The van der Waals surface area contributed by atoms with Crippen molar-refractivity contribution in [1.82, 2.24) is 60.0 Å². The highest BCUT2D eigenvalue weighted by atomic mass is 35.5. The van der Waals surface area contributed by atoms with E-state index in [0.29, 0.717) is 57.2 Å². The Morgan fingerprint density at radius 3 is 1.75 bits per heavy atom. The van der Waals surface area contributed by atoms with Crippen molar-refractivity contribution in [1.29, 1.82) is 0 Å². The van der Waals surface area contributed by atoms with Crippen molar-refractivity contribution in [2.75, 3.05) is 75.0 Å². The summed E-state index contributed by atoms with van der Waals surface area (Å²) in [5.41, 5.74) is -2.34. The first-order valence-corrected chi connectivity index (χ1v) is 37.8. The van der Waals surface area contributed by atoms with Crippen molar-refractivity contribution in [3.05, 3.63) is 34.3 Å². The molecule has 102 heavy (non-hydrogen) atoms. The van der Waals surface area contributed by atoms with E-state index < -0.39 is 172 Å². The van der Waals surface area contributed by atoms with Crippen LogP contribution < -0.4 is 16.0 Å². The van der Waals surface area contributed by atoms with Crippen molar-refractivity contribution < 1.29 is 70.7 Å². The van der Waals surface area contributed by atoms with Gasteiger partial charge in [-0.25, -0.2) is 0 Å². The van der Waals surface area contributed by atoms with Crippen LogP contribution in [0.1, 0.15) is 200 Å². The number of carbonyl (C=O) groups is 12. The minimum absolute atomic E-state index is 0.0258. The first-order valence-electron chi connectivity index (χ1n) is 37.5. The lowest BCUT2D eigenvalue weighted by Crippen LogP contribution is -2.65. The Bertz CT molecular complexity index is 3230. The van der Waals surface area contributed by atoms with E-state index in [4.69, 9.17) is 11.6 Å². The summed E-state index contributed by atoms with van der Waals surface area (Å²) in [6.45, 7) is 8.95. The number of benzene rings is 1. The Morgan fingerprint density at radius 2 is 1.19 bits per heavy atom. The topological polar surface area (TPSA) is 270 Å². The minimum Gasteiger partial charge on any atom is -0.343 e. The van der Waals surface area contributed by atoms with Gasteiger partial charge in [-0.3, -0.25) is 57.5 Å². The van der Waals surface area contributed by atoms with Crippen LogP contribution >= 0.6 is 11.6 Å². The maximum absolute atomic E-state index is 15.4. The average molecular weight is 1450 g/mol. The van der Waals surface area contributed by atoms with Crippen molar-refractivity contribution in [2.24, 2.45) is 23.7 Å². The molecule has 1 aromatic rings. The predicted octanol–water partition coefficient (Wildman–Crippen LogP) is 6.56. The Labute approximate surface area is 604 Å². The van der Waals surface area contributed by atoms with Crippen LogP contribution in [0.25, 0.3) is 0 Å². The van der Waals surface area contributed by atoms with Crippen molar-refractivity contribution in [2.45, 2.75) is 261 Å². The summed E-state index contributed by atoms with van der Waals surface area (Å²) in [5, 5.41) is 8.17. The molecule has 1 unspecified atom stereocenters. The molecule has 0 aromatic heterocycles. The van der Waals surface area contributed by atoms with Crippen LogP contribution in [0.4, 0.5) is 13.2 Å². The summed E-state index contributed by atoms with van der Waals surface area (Å²) in [6.07, 6.45) is 7.50. The van der Waals surface area contributed by atoms with Gasteiger partial charge in [0.25, 0.3) is 0 Å². The molecule has 568 valence electrons. The van der Waals surface area contributed by atoms with E-state index in [-0.39, 0.29) is 76.3 Å². The smallest absolute Gasteiger partial charge is 0.343 e. The van der Waals surface area contributed by atoms with Gasteiger partial charge in [-0.2, -0.15) is 13.2 Å². The van der Waals surface area contributed by atoms with Gasteiger partial charge in [0.05, 0.1) is 23.6 Å². The Morgan fingerprint density at radius 1 is 0.608 bits per heavy atom. The third kappa shape index (κ3) is 18.7. The van der Waals surface area contributed by atoms with Crippen molar-refractivity contribution in [3.8, 4) is 0 Å². The highest BCUT2D eigenvalue weighted by Crippen LogP contribution is 2.38. The van der Waals surface area contributed by atoms with Gasteiger partial charge in [0.1, 0.15) is 59.9 Å². The lowest BCUT2D eigenvalue weighted by atomic mass is 9.84. The summed E-state index contributed by atoms with van der Waals surface area (Å²) in [5.74, 6) is -8.46. The number of likely N-dealkylation sites (N-methyl/N-ethyl adjacent to an activating group) is 6. The fraction of sp³-hybridized carbons (Fsp3) is 0.757. The second-order valence-electron chi connectivity index (χ2n) is 30.7. The molecule has 4 aliphatic heterocycles. The van der Waals surface area contributed by atoms with Gasteiger partial charge in [-0.1, -0.05) is 122 Å². The molecule has 12 amide bonds.